The molecule has 5 heteroatoms. The van der Waals surface area contributed by atoms with E-state index in [2.05, 4.69) is 32.0 Å². The SMILES string of the molecule is CCCCCCc1cccc(CCCCCC)c1OCCC(C)S(=O)(=O)O. The molecule has 0 spiro atoms. The Labute approximate surface area is 166 Å². The van der Waals surface area contributed by atoms with E-state index in [1.54, 1.807) is 0 Å². The lowest BCUT2D eigenvalue weighted by atomic mass is 9.99. The minimum Gasteiger partial charge on any atom is -0.493 e. The van der Waals surface area contributed by atoms with Crippen LogP contribution in [0.5, 0.6) is 5.75 Å². The van der Waals surface area contributed by atoms with Gasteiger partial charge in [-0.1, -0.05) is 70.6 Å². The van der Waals surface area contributed by atoms with Crippen LogP contribution in [0, 0.1) is 0 Å². The third-order valence-corrected chi connectivity index (χ3v) is 6.31. The molecule has 1 aromatic rings. The highest BCUT2D eigenvalue weighted by atomic mass is 32.2. The van der Waals surface area contributed by atoms with Crippen molar-refractivity contribution in [1.82, 2.24) is 0 Å². The molecule has 156 valence electrons. The predicted octanol–water partition coefficient (Wildman–Crippen LogP) is 5.98. The summed E-state index contributed by atoms with van der Waals surface area (Å²) in [5.74, 6) is 0.938. The fourth-order valence-corrected chi connectivity index (χ4v) is 3.57. The molecular weight excluding hydrogens is 360 g/mol. The molecule has 1 N–H and O–H groups in total. The monoisotopic (exact) mass is 398 g/mol. The molecular formula is C22H38O4S. The number of benzene rings is 1. The largest absolute Gasteiger partial charge is 0.493 e. The molecule has 0 saturated carbocycles. The number of rotatable bonds is 15. The molecule has 4 nitrogen and oxygen atoms in total. The number of aryl methyl sites for hydroxylation is 2. The van der Waals surface area contributed by atoms with Gasteiger partial charge in [0.05, 0.1) is 11.9 Å². The molecule has 0 heterocycles. The van der Waals surface area contributed by atoms with E-state index in [1.807, 2.05) is 0 Å². The van der Waals surface area contributed by atoms with Crippen molar-refractivity contribution in [1.29, 1.82) is 0 Å². The fraction of sp³-hybridized carbons (Fsp3) is 0.727. The predicted molar refractivity (Wildman–Crippen MR) is 113 cm³/mol. The Morgan fingerprint density at radius 3 is 1.89 bits per heavy atom. The van der Waals surface area contributed by atoms with Crippen molar-refractivity contribution in [3.05, 3.63) is 29.3 Å². The Kier molecular flexibility index (Phi) is 11.7. The Morgan fingerprint density at radius 2 is 1.44 bits per heavy atom. The molecule has 1 rings (SSSR count). The molecule has 0 aliphatic heterocycles. The Hall–Kier alpha value is -1.07. The maximum absolute atomic E-state index is 11.2. The molecule has 0 aliphatic rings. The van der Waals surface area contributed by atoms with Crippen LogP contribution in [-0.4, -0.2) is 24.8 Å². The summed E-state index contributed by atoms with van der Waals surface area (Å²) in [6, 6.07) is 6.37. The van der Waals surface area contributed by atoms with Gasteiger partial charge in [0.2, 0.25) is 0 Å². The van der Waals surface area contributed by atoms with E-state index in [4.69, 9.17) is 9.29 Å². The highest BCUT2D eigenvalue weighted by Crippen LogP contribution is 2.28. The molecule has 1 atom stereocenters. The highest BCUT2D eigenvalue weighted by Gasteiger charge is 2.18. The standard InChI is InChI=1S/C22H38O4S/c1-4-6-8-10-13-20-15-12-16-21(14-11-9-7-5-2)22(20)26-18-17-19(3)27(23,24)25/h12,15-16,19H,4-11,13-14,17-18H2,1-3H3,(H,23,24,25). The minimum atomic E-state index is -4.00. The Bertz CT molecular complexity index is 595. The highest BCUT2D eigenvalue weighted by molar-refractivity contribution is 7.86. The zero-order valence-electron chi connectivity index (χ0n) is 17.4. The van der Waals surface area contributed by atoms with Crippen molar-refractivity contribution in [3.8, 4) is 5.75 Å². The minimum absolute atomic E-state index is 0.290. The van der Waals surface area contributed by atoms with Crippen molar-refractivity contribution in [2.24, 2.45) is 0 Å². The van der Waals surface area contributed by atoms with Crippen molar-refractivity contribution in [2.75, 3.05) is 6.61 Å². The average molecular weight is 399 g/mol. The second-order valence-electron chi connectivity index (χ2n) is 7.49. The molecule has 1 unspecified atom stereocenters. The zero-order chi connectivity index (χ0) is 20.1. The second kappa shape index (κ2) is 13.2. The molecule has 27 heavy (non-hydrogen) atoms. The summed E-state index contributed by atoms with van der Waals surface area (Å²) in [4.78, 5) is 0. The van der Waals surface area contributed by atoms with E-state index in [-0.39, 0.29) is 6.42 Å². The van der Waals surface area contributed by atoms with E-state index in [0.29, 0.717) is 6.61 Å². The molecule has 0 amide bonds. The average Bonchev–Trinajstić information content (AvgIpc) is 2.63. The van der Waals surface area contributed by atoms with Gasteiger partial charge in [-0.05, 0) is 43.7 Å². The van der Waals surface area contributed by atoms with Crippen LogP contribution in [0.2, 0.25) is 0 Å². The van der Waals surface area contributed by atoms with Crippen molar-refractivity contribution >= 4 is 10.1 Å². The first-order valence-electron chi connectivity index (χ1n) is 10.6. The number of unbranched alkanes of at least 4 members (excludes halogenated alkanes) is 6. The van der Waals surface area contributed by atoms with Gasteiger partial charge >= 0.3 is 0 Å². The van der Waals surface area contributed by atoms with Crippen LogP contribution < -0.4 is 4.74 Å². The van der Waals surface area contributed by atoms with Crippen LogP contribution in [0.25, 0.3) is 0 Å². The zero-order valence-corrected chi connectivity index (χ0v) is 18.2. The van der Waals surface area contributed by atoms with Crippen LogP contribution in [0.4, 0.5) is 0 Å². The molecule has 0 saturated heterocycles. The molecule has 0 fully saturated rings. The maximum Gasteiger partial charge on any atom is 0.267 e. The van der Waals surface area contributed by atoms with Gasteiger partial charge in [0.25, 0.3) is 10.1 Å². The van der Waals surface area contributed by atoms with Crippen molar-refractivity contribution in [3.63, 3.8) is 0 Å². The van der Waals surface area contributed by atoms with Gasteiger partial charge in [0.15, 0.2) is 0 Å². The summed E-state index contributed by atoms with van der Waals surface area (Å²) in [5, 5.41) is -0.803. The molecule has 0 aromatic heterocycles. The lowest BCUT2D eigenvalue weighted by molar-refractivity contribution is 0.300. The van der Waals surface area contributed by atoms with E-state index >= 15 is 0 Å². The van der Waals surface area contributed by atoms with Gasteiger partial charge < -0.3 is 4.74 Å². The first-order valence-corrected chi connectivity index (χ1v) is 12.1. The molecule has 0 bridgehead atoms. The lowest BCUT2D eigenvalue weighted by Crippen LogP contribution is -2.19. The van der Waals surface area contributed by atoms with E-state index < -0.39 is 15.4 Å². The number of ether oxygens (including phenoxy) is 1. The first-order chi connectivity index (χ1) is 12.9. The van der Waals surface area contributed by atoms with Crippen molar-refractivity contribution in [2.45, 2.75) is 96.7 Å². The summed E-state index contributed by atoms with van der Waals surface area (Å²) in [5.41, 5.74) is 2.44. The van der Waals surface area contributed by atoms with Crippen LogP contribution in [0.3, 0.4) is 0 Å². The summed E-state index contributed by atoms with van der Waals surface area (Å²) in [6.45, 7) is 6.24. The summed E-state index contributed by atoms with van der Waals surface area (Å²) in [6.07, 6.45) is 11.9. The van der Waals surface area contributed by atoms with E-state index in [9.17, 15) is 8.42 Å². The smallest absolute Gasteiger partial charge is 0.267 e. The molecule has 0 aliphatic carbocycles. The van der Waals surface area contributed by atoms with E-state index in [1.165, 1.54) is 56.6 Å². The number of hydrogen-bond acceptors (Lipinski definition) is 3. The summed E-state index contributed by atoms with van der Waals surface area (Å²) >= 11 is 0. The van der Waals surface area contributed by atoms with E-state index in [0.717, 1.165) is 31.4 Å². The Morgan fingerprint density at radius 1 is 0.926 bits per heavy atom. The Balaban J connectivity index is 2.78. The summed E-state index contributed by atoms with van der Waals surface area (Å²) < 4.78 is 37.6. The van der Waals surface area contributed by atoms with Gasteiger partial charge in [0, 0.05) is 6.42 Å². The van der Waals surface area contributed by atoms with Gasteiger partial charge in [0.1, 0.15) is 5.75 Å². The third kappa shape index (κ3) is 9.61. The quantitative estimate of drug-likeness (QED) is 0.292. The van der Waals surface area contributed by atoms with Crippen LogP contribution in [-0.2, 0) is 23.0 Å². The fourth-order valence-electron chi connectivity index (χ4n) is 3.18. The van der Waals surface area contributed by atoms with Crippen molar-refractivity contribution < 1.29 is 17.7 Å². The molecule has 1 aromatic carbocycles. The summed E-state index contributed by atoms with van der Waals surface area (Å²) in [7, 11) is -4.00. The van der Waals surface area contributed by atoms with Crippen LogP contribution in [0.15, 0.2) is 18.2 Å². The number of para-hydroxylation sites is 1. The lowest BCUT2D eigenvalue weighted by Gasteiger charge is -2.17. The topological polar surface area (TPSA) is 63.6 Å². The second-order valence-corrected chi connectivity index (χ2v) is 9.32. The van der Waals surface area contributed by atoms with Gasteiger partial charge in [-0.25, -0.2) is 0 Å². The first kappa shape index (κ1) is 24.0. The van der Waals surface area contributed by atoms with Gasteiger partial charge in [-0.3, -0.25) is 4.55 Å². The third-order valence-electron chi connectivity index (χ3n) is 5.06. The normalized spacial score (nSPS) is 12.9. The number of hydrogen-bond donors (Lipinski definition) is 1. The van der Waals surface area contributed by atoms with Crippen LogP contribution >= 0.6 is 0 Å². The van der Waals surface area contributed by atoms with Gasteiger partial charge in [-0.2, -0.15) is 8.42 Å². The maximum atomic E-state index is 11.2. The van der Waals surface area contributed by atoms with Gasteiger partial charge in [-0.15, -0.1) is 0 Å². The van der Waals surface area contributed by atoms with Crippen LogP contribution in [0.1, 0.15) is 89.7 Å². The molecule has 0 radical (unpaired) electrons.